The first-order valence-electron chi connectivity index (χ1n) is 9.52. The summed E-state index contributed by atoms with van der Waals surface area (Å²) in [6.07, 6.45) is -4.47. The van der Waals surface area contributed by atoms with Crippen LogP contribution in [0.5, 0.6) is 0 Å². The molecule has 4 nitrogen and oxygen atoms in total. The minimum absolute atomic E-state index is 0.176. The van der Waals surface area contributed by atoms with Gasteiger partial charge in [-0.3, -0.25) is 9.20 Å². The third-order valence-electron chi connectivity index (χ3n) is 5.20. The monoisotopic (exact) mass is 477 g/mol. The maximum atomic E-state index is 13.2. The van der Waals surface area contributed by atoms with Gasteiger partial charge in [-0.25, -0.2) is 0 Å². The highest BCUT2D eigenvalue weighted by molar-refractivity contribution is 7.24. The lowest BCUT2D eigenvalue weighted by atomic mass is 10.0. The van der Waals surface area contributed by atoms with Crippen LogP contribution in [0.4, 0.5) is 13.2 Å². The Morgan fingerprint density at radius 1 is 0.848 bits per heavy atom. The molecular formula is C24H10F3N3OS2. The Labute approximate surface area is 192 Å². The first-order valence-corrected chi connectivity index (χ1v) is 11.1. The molecule has 0 aliphatic heterocycles. The van der Waals surface area contributed by atoms with Crippen LogP contribution in [0.3, 0.4) is 0 Å². The summed E-state index contributed by atoms with van der Waals surface area (Å²) in [5.74, 6) is 0. The van der Waals surface area contributed by atoms with E-state index in [0.29, 0.717) is 25.7 Å². The van der Waals surface area contributed by atoms with Gasteiger partial charge in [0.1, 0.15) is 22.5 Å². The number of para-hydroxylation sites is 1. The van der Waals surface area contributed by atoms with Crippen molar-refractivity contribution >= 4 is 37.7 Å². The van der Waals surface area contributed by atoms with Gasteiger partial charge in [-0.1, -0.05) is 24.3 Å². The molecule has 0 fully saturated rings. The molecule has 0 aliphatic rings. The number of hydrogen-bond donors (Lipinski definition) is 0. The number of aromatic nitrogens is 1. The van der Waals surface area contributed by atoms with Gasteiger partial charge in [0.2, 0.25) is 0 Å². The summed E-state index contributed by atoms with van der Waals surface area (Å²) in [6, 6.07) is 19.4. The van der Waals surface area contributed by atoms with E-state index in [1.807, 2.05) is 18.2 Å². The Balaban J connectivity index is 1.77. The normalized spacial score (nSPS) is 11.5. The van der Waals surface area contributed by atoms with E-state index in [0.717, 1.165) is 28.2 Å². The summed E-state index contributed by atoms with van der Waals surface area (Å²) < 4.78 is 41.6. The van der Waals surface area contributed by atoms with Crippen molar-refractivity contribution in [2.45, 2.75) is 6.18 Å². The van der Waals surface area contributed by atoms with Crippen molar-refractivity contribution in [3.05, 3.63) is 87.7 Å². The van der Waals surface area contributed by atoms with Gasteiger partial charge in [-0.2, -0.15) is 23.7 Å². The number of nitrogens with zero attached hydrogens (tertiary/aromatic N) is 3. The van der Waals surface area contributed by atoms with Crippen LogP contribution in [0.25, 0.3) is 35.9 Å². The first kappa shape index (κ1) is 21.0. The Bertz CT molecular complexity index is 1710. The number of rotatable bonds is 2. The van der Waals surface area contributed by atoms with Crippen molar-refractivity contribution in [3.8, 4) is 33.0 Å². The van der Waals surface area contributed by atoms with Crippen LogP contribution in [0.2, 0.25) is 0 Å². The lowest BCUT2D eigenvalue weighted by Crippen LogP contribution is -2.18. The number of thiophene rings is 1. The highest BCUT2D eigenvalue weighted by Crippen LogP contribution is 2.41. The number of nitriles is 2. The molecule has 5 rings (SSSR count). The molecule has 0 spiro atoms. The Morgan fingerprint density at radius 3 is 2.30 bits per heavy atom. The fourth-order valence-corrected chi connectivity index (χ4v) is 5.93. The Hall–Kier alpha value is -3.92. The van der Waals surface area contributed by atoms with Crippen molar-refractivity contribution < 1.29 is 13.2 Å². The summed E-state index contributed by atoms with van der Waals surface area (Å²) in [5.41, 5.74) is -0.117. The predicted octanol–water partition coefficient (Wildman–Crippen LogP) is 6.67. The lowest BCUT2D eigenvalue weighted by molar-refractivity contribution is -0.137. The molecule has 0 radical (unpaired) electrons. The third kappa shape index (κ3) is 3.30. The maximum Gasteiger partial charge on any atom is 0.416 e. The second-order valence-corrected chi connectivity index (χ2v) is 9.22. The van der Waals surface area contributed by atoms with Crippen LogP contribution in [-0.4, -0.2) is 4.40 Å². The molecule has 0 bridgehead atoms. The van der Waals surface area contributed by atoms with E-state index in [-0.39, 0.29) is 16.7 Å². The summed E-state index contributed by atoms with van der Waals surface area (Å²) in [7, 11) is 0. The number of halogens is 3. The molecule has 2 aromatic carbocycles. The number of alkyl halides is 3. The van der Waals surface area contributed by atoms with E-state index in [9.17, 15) is 28.5 Å². The van der Waals surface area contributed by atoms with E-state index in [2.05, 4.69) is 6.07 Å². The van der Waals surface area contributed by atoms with Gasteiger partial charge in [0.25, 0.3) is 5.56 Å². The zero-order valence-electron chi connectivity index (χ0n) is 16.5. The van der Waals surface area contributed by atoms with Crippen LogP contribution in [0, 0.1) is 22.7 Å². The standard InChI is InChI=1S/C24H10F3N3OS2/c25-24(26,27)14-5-3-4-13(10-14)18-8-9-20(32-18)21-15(11-28)22(31)30-17-6-1-2-7-19(17)33-23(30)16(21)12-29/h1-10H. The minimum atomic E-state index is -4.47. The van der Waals surface area contributed by atoms with Crippen LogP contribution in [0.1, 0.15) is 16.7 Å². The predicted molar refractivity (Wildman–Crippen MR) is 122 cm³/mol. The molecule has 0 amide bonds. The van der Waals surface area contributed by atoms with Gasteiger partial charge < -0.3 is 0 Å². The van der Waals surface area contributed by atoms with E-state index in [4.69, 9.17) is 0 Å². The molecule has 3 aromatic heterocycles. The molecule has 0 saturated heterocycles. The van der Waals surface area contributed by atoms with Crippen molar-refractivity contribution in [2.24, 2.45) is 0 Å². The average Bonchev–Trinajstić information content (AvgIpc) is 3.44. The van der Waals surface area contributed by atoms with Gasteiger partial charge >= 0.3 is 6.18 Å². The van der Waals surface area contributed by atoms with Crippen LogP contribution >= 0.6 is 22.7 Å². The lowest BCUT2D eigenvalue weighted by Gasteiger charge is -2.08. The van der Waals surface area contributed by atoms with Gasteiger partial charge in [-0.05, 0) is 42.0 Å². The number of hydrogen-bond acceptors (Lipinski definition) is 5. The molecule has 0 N–H and O–H groups in total. The molecule has 3 heterocycles. The van der Waals surface area contributed by atoms with Crippen LogP contribution < -0.4 is 5.56 Å². The van der Waals surface area contributed by atoms with Crippen LogP contribution in [0.15, 0.2) is 65.5 Å². The SMILES string of the molecule is N#Cc1c(-c2ccc(-c3cccc(C(F)(F)F)c3)s2)c(C#N)c2sc3ccccc3n2c1=O. The molecule has 9 heteroatoms. The van der Waals surface area contributed by atoms with Gasteiger partial charge in [0, 0.05) is 15.3 Å². The van der Waals surface area contributed by atoms with E-state index >= 15 is 0 Å². The zero-order chi connectivity index (χ0) is 23.3. The molecule has 0 saturated carbocycles. The number of thiazole rings is 1. The van der Waals surface area contributed by atoms with Gasteiger partial charge in [-0.15, -0.1) is 22.7 Å². The highest BCUT2D eigenvalue weighted by Gasteiger charge is 2.30. The molecule has 33 heavy (non-hydrogen) atoms. The summed E-state index contributed by atoms with van der Waals surface area (Å²) in [6.45, 7) is 0. The Kier molecular flexibility index (Phi) is 4.82. The van der Waals surface area contributed by atoms with E-state index < -0.39 is 17.3 Å². The summed E-state index contributed by atoms with van der Waals surface area (Å²) in [5, 5.41) is 19.8. The number of pyridine rings is 1. The van der Waals surface area contributed by atoms with E-state index in [1.54, 1.807) is 30.3 Å². The second kappa shape index (κ2) is 7.59. The largest absolute Gasteiger partial charge is 0.416 e. The molecule has 0 unspecified atom stereocenters. The van der Waals surface area contributed by atoms with E-state index in [1.165, 1.54) is 21.8 Å². The fraction of sp³-hybridized carbons (Fsp3) is 0.0417. The zero-order valence-corrected chi connectivity index (χ0v) is 18.1. The number of fused-ring (bicyclic) bond motifs is 3. The van der Waals surface area contributed by atoms with Crippen molar-refractivity contribution in [1.29, 1.82) is 10.5 Å². The van der Waals surface area contributed by atoms with Crippen molar-refractivity contribution in [2.75, 3.05) is 0 Å². The average molecular weight is 477 g/mol. The van der Waals surface area contributed by atoms with Crippen LogP contribution in [-0.2, 0) is 6.18 Å². The third-order valence-corrected chi connectivity index (χ3v) is 7.49. The summed E-state index contributed by atoms with van der Waals surface area (Å²) >= 11 is 2.40. The van der Waals surface area contributed by atoms with Crippen molar-refractivity contribution in [3.63, 3.8) is 0 Å². The smallest absolute Gasteiger partial charge is 0.267 e. The van der Waals surface area contributed by atoms with Gasteiger partial charge in [0.05, 0.1) is 21.3 Å². The molecular weight excluding hydrogens is 467 g/mol. The van der Waals surface area contributed by atoms with Crippen molar-refractivity contribution in [1.82, 2.24) is 4.40 Å². The molecule has 0 atom stereocenters. The fourth-order valence-electron chi connectivity index (χ4n) is 3.73. The maximum absolute atomic E-state index is 13.2. The minimum Gasteiger partial charge on any atom is -0.267 e. The molecule has 0 aliphatic carbocycles. The number of benzene rings is 2. The summed E-state index contributed by atoms with van der Waals surface area (Å²) in [4.78, 5) is 14.7. The molecule has 5 aromatic rings. The Morgan fingerprint density at radius 2 is 1.58 bits per heavy atom. The van der Waals surface area contributed by atoms with Gasteiger partial charge in [0.15, 0.2) is 0 Å². The quantitative estimate of drug-likeness (QED) is 0.285. The first-order chi connectivity index (χ1) is 15.8. The topological polar surface area (TPSA) is 69.1 Å². The highest BCUT2D eigenvalue weighted by atomic mass is 32.1. The second-order valence-electron chi connectivity index (χ2n) is 7.11. The molecule has 160 valence electrons.